The minimum atomic E-state index is -0.0650. The Hall–Kier alpha value is -3.01. The zero-order valence-corrected chi connectivity index (χ0v) is 12.7. The van der Waals surface area contributed by atoms with Crippen LogP contribution in [0.1, 0.15) is 17.7 Å². The Balaban J connectivity index is 1.84. The van der Waals surface area contributed by atoms with Gasteiger partial charge < -0.3 is 9.73 Å². The molecule has 4 nitrogen and oxygen atoms in total. The molecular formula is C19H16N3O+. The lowest BCUT2D eigenvalue weighted by atomic mass is 10.1. The molecule has 1 unspecified atom stereocenters. The molecule has 0 fully saturated rings. The third-order valence-corrected chi connectivity index (χ3v) is 4.42. The van der Waals surface area contributed by atoms with E-state index in [1.54, 1.807) is 0 Å². The number of aryl methyl sites for hydroxylation is 1. The molecule has 2 N–H and O–H groups in total. The summed E-state index contributed by atoms with van der Waals surface area (Å²) in [6.07, 6.45) is -0.0650. The highest BCUT2D eigenvalue weighted by Crippen LogP contribution is 2.35. The molecule has 2 aromatic carbocycles. The van der Waals surface area contributed by atoms with Gasteiger partial charge >= 0.3 is 0 Å². The number of nitrogens with one attached hydrogen (secondary N) is 2. The maximum absolute atomic E-state index is 5.92. The second-order valence-corrected chi connectivity index (χ2v) is 5.90. The van der Waals surface area contributed by atoms with Crippen LogP contribution < -0.4 is 9.88 Å². The molecule has 5 rings (SSSR count). The molecule has 3 heterocycles. The van der Waals surface area contributed by atoms with Crippen molar-refractivity contribution in [3.63, 3.8) is 0 Å². The zero-order chi connectivity index (χ0) is 15.4. The molecule has 0 spiro atoms. The first kappa shape index (κ1) is 12.5. The monoisotopic (exact) mass is 302 g/mol. The van der Waals surface area contributed by atoms with E-state index in [2.05, 4.69) is 63.4 Å². The van der Waals surface area contributed by atoms with Crippen molar-refractivity contribution >= 4 is 16.7 Å². The summed E-state index contributed by atoms with van der Waals surface area (Å²) in [6, 6.07) is 20.8. The molecule has 23 heavy (non-hydrogen) atoms. The van der Waals surface area contributed by atoms with Crippen molar-refractivity contribution in [3.05, 3.63) is 72.2 Å². The van der Waals surface area contributed by atoms with Gasteiger partial charge in [-0.1, -0.05) is 24.3 Å². The molecule has 4 heteroatoms. The number of furan rings is 1. The predicted octanol–water partition coefficient (Wildman–Crippen LogP) is 4.00. The molecule has 0 radical (unpaired) electrons. The molecule has 1 aliphatic rings. The van der Waals surface area contributed by atoms with Crippen molar-refractivity contribution in [2.45, 2.75) is 13.1 Å². The predicted molar refractivity (Wildman–Crippen MR) is 89.1 cm³/mol. The van der Waals surface area contributed by atoms with Crippen LogP contribution in [0.25, 0.3) is 22.4 Å². The van der Waals surface area contributed by atoms with Crippen molar-refractivity contribution < 1.29 is 8.98 Å². The summed E-state index contributed by atoms with van der Waals surface area (Å²) in [4.78, 5) is 3.56. The quantitative estimate of drug-likeness (QED) is 0.522. The van der Waals surface area contributed by atoms with Crippen LogP contribution in [0.2, 0.25) is 0 Å². The van der Waals surface area contributed by atoms with Gasteiger partial charge in [-0.25, -0.2) is 4.98 Å². The number of fused-ring (bicyclic) bond motifs is 5. The Morgan fingerprint density at radius 2 is 1.78 bits per heavy atom. The number of H-pyrrole nitrogens is 1. The van der Waals surface area contributed by atoms with E-state index < -0.39 is 0 Å². The maximum Gasteiger partial charge on any atom is 0.291 e. The molecule has 0 saturated carbocycles. The van der Waals surface area contributed by atoms with E-state index in [4.69, 9.17) is 4.42 Å². The summed E-state index contributed by atoms with van der Waals surface area (Å²) >= 11 is 0. The van der Waals surface area contributed by atoms with Gasteiger partial charge in [-0.05, 0) is 43.3 Å². The second kappa shape index (κ2) is 4.49. The van der Waals surface area contributed by atoms with E-state index in [1.165, 1.54) is 5.56 Å². The summed E-state index contributed by atoms with van der Waals surface area (Å²) in [7, 11) is 0. The van der Waals surface area contributed by atoms with Crippen LogP contribution in [0.15, 0.2) is 65.1 Å². The van der Waals surface area contributed by atoms with Gasteiger partial charge in [0, 0.05) is 0 Å². The number of nitrogens with zero attached hydrogens (tertiary/aromatic N) is 1. The molecule has 1 atom stereocenters. The fraction of sp³-hybridized carbons (Fsp3) is 0.105. The van der Waals surface area contributed by atoms with Gasteiger partial charge in [-0.3, -0.25) is 0 Å². The first-order valence-electron chi connectivity index (χ1n) is 7.76. The average molecular weight is 302 g/mol. The first-order chi connectivity index (χ1) is 11.3. The van der Waals surface area contributed by atoms with Crippen LogP contribution in [0.3, 0.4) is 0 Å². The van der Waals surface area contributed by atoms with Crippen molar-refractivity contribution in [2.75, 3.05) is 5.32 Å². The molecule has 0 bridgehead atoms. The van der Waals surface area contributed by atoms with Crippen LogP contribution in [0.5, 0.6) is 0 Å². The van der Waals surface area contributed by atoms with E-state index in [9.17, 15) is 0 Å². The lowest BCUT2D eigenvalue weighted by molar-refractivity contribution is -0.675. The number of hydrogen-bond acceptors (Lipinski definition) is 2. The van der Waals surface area contributed by atoms with Gasteiger partial charge in [-0.15, -0.1) is 0 Å². The van der Waals surface area contributed by atoms with Gasteiger partial charge in [0.25, 0.3) is 5.82 Å². The second-order valence-electron chi connectivity index (χ2n) is 5.90. The van der Waals surface area contributed by atoms with E-state index in [-0.39, 0.29) is 6.17 Å². The average Bonchev–Trinajstić information content (AvgIpc) is 3.18. The van der Waals surface area contributed by atoms with Gasteiger partial charge in [0.15, 0.2) is 16.8 Å². The van der Waals surface area contributed by atoms with Crippen LogP contribution in [0.4, 0.5) is 5.69 Å². The Kier molecular flexibility index (Phi) is 2.45. The molecule has 1 aliphatic heterocycles. The Bertz CT molecular complexity index is 1030. The fourth-order valence-electron chi connectivity index (χ4n) is 3.39. The third kappa shape index (κ3) is 1.75. The normalized spacial score (nSPS) is 16.0. The smallest absolute Gasteiger partial charge is 0.291 e. The van der Waals surface area contributed by atoms with Crippen LogP contribution in [-0.4, -0.2) is 4.98 Å². The van der Waals surface area contributed by atoms with Gasteiger partial charge in [0.2, 0.25) is 6.17 Å². The number of para-hydroxylation sites is 3. The maximum atomic E-state index is 5.92. The number of hydrogen-bond donors (Lipinski definition) is 2. The Labute approximate surface area is 133 Å². The van der Waals surface area contributed by atoms with Gasteiger partial charge in [0.05, 0.1) is 11.3 Å². The standard InChI is InChI=1S/C19H15N3O/c1-12-10-11-17(23-12)19-20-14-7-3-2-6-13(14)18-21-15-8-4-5-9-16(15)22(18)19/h2-11,19H,1H3,(H,20,21)/p+1. The van der Waals surface area contributed by atoms with E-state index >= 15 is 0 Å². The van der Waals surface area contributed by atoms with Crippen LogP contribution >= 0.6 is 0 Å². The molecule has 0 aliphatic carbocycles. The number of aromatic amines is 1. The Morgan fingerprint density at radius 1 is 0.957 bits per heavy atom. The lowest BCUT2D eigenvalue weighted by Gasteiger charge is -2.23. The summed E-state index contributed by atoms with van der Waals surface area (Å²) in [5.41, 5.74) is 4.55. The number of benzene rings is 2. The molecule has 0 amide bonds. The molecule has 4 aromatic rings. The summed E-state index contributed by atoms with van der Waals surface area (Å²) < 4.78 is 8.19. The van der Waals surface area contributed by atoms with Crippen LogP contribution in [0, 0.1) is 6.92 Å². The van der Waals surface area contributed by atoms with Gasteiger partial charge in [0.1, 0.15) is 5.76 Å². The lowest BCUT2D eigenvalue weighted by Crippen LogP contribution is -2.47. The van der Waals surface area contributed by atoms with Crippen LogP contribution in [-0.2, 0) is 0 Å². The summed E-state index contributed by atoms with van der Waals surface area (Å²) in [5.74, 6) is 2.93. The van der Waals surface area contributed by atoms with Crippen molar-refractivity contribution in [2.24, 2.45) is 0 Å². The molecule has 0 saturated heterocycles. The SMILES string of the molecule is Cc1ccc(C2Nc3ccccc3-c3[nH]c4ccccc4[n+]32)o1. The van der Waals surface area contributed by atoms with Crippen molar-refractivity contribution in [1.29, 1.82) is 0 Å². The highest BCUT2D eigenvalue weighted by atomic mass is 16.3. The van der Waals surface area contributed by atoms with E-state index in [0.717, 1.165) is 34.1 Å². The highest BCUT2D eigenvalue weighted by Gasteiger charge is 2.35. The van der Waals surface area contributed by atoms with E-state index in [0.29, 0.717) is 0 Å². The molecular weight excluding hydrogens is 286 g/mol. The largest absolute Gasteiger partial charge is 0.460 e. The summed E-state index contributed by atoms with van der Waals surface area (Å²) in [5, 5.41) is 3.61. The fourth-order valence-corrected chi connectivity index (χ4v) is 3.39. The zero-order valence-electron chi connectivity index (χ0n) is 12.7. The highest BCUT2D eigenvalue weighted by molar-refractivity contribution is 5.80. The number of imidazole rings is 1. The third-order valence-electron chi connectivity index (χ3n) is 4.42. The summed E-state index contributed by atoms with van der Waals surface area (Å²) in [6.45, 7) is 1.97. The molecule has 112 valence electrons. The van der Waals surface area contributed by atoms with Gasteiger partial charge in [-0.2, -0.15) is 4.57 Å². The number of anilines is 1. The minimum absolute atomic E-state index is 0.0650. The van der Waals surface area contributed by atoms with Crippen molar-refractivity contribution in [3.8, 4) is 11.4 Å². The number of rotatable bonds is 1. The topological polar surface area (TPSA) is 44.8 Å². The minimum Gasteiger partial charge on any atom is -0.460 e. The Morgan fingerprint density at radius 3 is 2.65 bits per heavy atom. The first-order valence-corrected chi connectivity index (χ1v) is 7.76. The number of aromatic nitrogens is 2. The van der Waals surface area contributed by atoms with Crippen molar-refractivity contribution in [1.82, 2.24) is 4.98 Å². The van der Waals surface area contributed by atoms with E-state index in [1.807, 2.05) is 19.1 Å². The molecule has 2 aromatic heterocycles.